The molecule has 2 saturated carbocycles. The zero-order valence-corrected chi connectivity index (χ0v) is 21.4. The first-order valence-electron chi connectivity index (χ1n) is 12.1. The fourth-order valence-electron chi connectivity index (χ4n) is 5.09. The van der Waals surface area contributed by atoms with Crippen molar-refractivity contribution in [3.05, 3.63) is 30.6 Å². The molecular weight excluding hydrogens is 501 g/mol. The Morgan fingerprint density at radius 2 is 1.69 bits per heavy atom. The number of hydrogen-bond acceptors (Lipinski definition) is 9. The topological polar surface area (TPSA) is 148 Å². The molecule has 0 bridgehead atoms. The molecule has 5 N–H and O–H groups in total. The second kappa shape index (κ2) is 11.4. The highest BCUT2D eigenvalue weighted by Crippen LogP contribution is 2.34. The summed E-state index contributed by atoms with van der Waals surface area (Å²) < 4.78 is 2.23. The lowest BCUT2D eigenvalue weighted by Gasteiger charge is -2.27. The average molecular weight is 532 g/mol. The summed E-state index contributed by atoms with van der Waals surface area (Å²) in [5.74, 6) is 1.90. The number of nitrogens with two attached hydrogens (primary N) is 1. The van der Waals surface area contributed by atoms with Crippen molar-refractivity contribution in [3.63, 3.8) is 0 Å². The summed E-state index contributed by atoms with van der Waals surface area (Å²) in [4.78, 5) is 14.5. The highest BCUT2D eigenvalue weighted by molar-refractivity contribution is 5.87. The number of H-pyrrole nitrogens is 1. The molecule has 3 heterocycles. The van der Waals surface area contributed by atoms with Crippen molar-refractivity contribution in [2.75, 3.05) is 10.6 Å². The van der Waals surface area contributed by atoms with E-state index in [9.17, 15) is 0 Å². The van der Waals surface area contributed by atoms with Gasteiger partial charge in [0.25, 0.3) is 0 Å². The Balaban J connectivity index is 0.00000152. The third kappa shape index (κ3) is 5.37. The minimum Gasteiger partial charge on any atom is -0.351 e. The highest BCUT2D eigenvalue weighted by atomic mass is 35.5. The molecule has 2 fully saturated rings. The van der Waals surface area contributed by atoms with E-state index in [2.05, 4.69) is 35.8 Å². The van der Waals surface area contributed by atoms with Gasteiger partial charge in [0.05, 0.1) is 6.33 Å². The Morgan fingerprint density at radius 3 is 2.39 bits per heavy atom. The van der Waals surface area contributed by atoms with Crippen LogP contribution >= 0.6 is 24.8 Å². The van der Waals surface area contributed by atoms with Crippen LogP contribution in [0.5, 0.6) is 0 Å². The largest absolute Gasteiger partial charge is 0.351 e. The molecule has 13 heteroatoms. The summed E-state index contributed by atoms with van der Waals surface area (Å²) in [7, 11) is 0. The standard InChI is InChI=1S/C23H29N11.2ClH/c24-15-7-11-17(12-8-15)27-23-28-21(19-22(29-23)34(13-25-19)18-3-1-2-4-18)26-16-9-5-14(6-10-16)20-30-32-33-31-20;;/h5-6,9-10,13,15,17-18H,1-4,7-8,11-12,24H2,(H2,26,27,28,29)(H,30,31,32,33);2*1H. The number of aromatic amines is 1. The first-order chi connectivity index (χ1) is 16.7. The van der Waals surface area contributed by atoms with Crippen LogP contribution < -0.4 is 16.4 Å². The maximum atomic E-state index is 6.10. The molecule has 2 aliphatic rings. The van der Waals surface area contributed by atoms with Gasteiger partial charge in [-0.25, -0.2) is 4.98 Å². The van der Waals surface area contributed by atoms with Gasteiger partial charge >= 0.3 is 0 Å². The monoisotopic (exact) mass is 531 g/mol. The van der Waals surface area contributed by atoms with Crippen molar-refractivity contribution >= 4 is 53.4 Å². The average Bonchev–Trinajstić information content (AvgIpc) is 3.63. The molecule has 3 aromatic heterocycles. The third-order valence-corrected chi connectivity index (χ3v) is 7.00. The molecule has 0 saturated heterocycles. The molecule has 0 unspecified atom stereocenters. The lowest BCUT2D eigenvalue weighted by Crippen LogP contribution is -2.33. The first-order valence-corrected chi connectivity index (χ1v) is 12.1. The van der Waals surface area contributed by atoms with Crippen LogP contribution in [0.2, 0.25) is 0 Å². The summed E-state index contributed by atoms with van der Waals surface area (Å²) in [6.45, 7) is 0. The number of benzene rings is 1. The molecule has 4 aromatic rings. The number of imidazole rings is 1. The van der Waals surface area contributed by atoms with Gasteiger partial charge in [-0.2, -0.15) is 15.2 Å². The van der Waals surface area contributed by atoms with Crippen LogP contribution in [0.15, 0.2) is 30.6 Å². The zero-order chi connectivity index (χ0) is 22.9. The minimum absolute atomic E-state index is 0. The van der Waals surface area contributed by atoms with Crippen LogP contribution in [-0.2, 0) is 0 Å². The summed E-state index contributed by atoms with van der Waals surface area (Å²) in [5.41, 5.74) is 9.54. The van der Waals surface area contributed by atoms with Crippen LogP contribution in [-0.4, -0.2) is 52.2 Å². The van der Waals surface area contributed by atoms with Crippen molar-refractivity contribution in [1.82, 2.24) is 40.1 Å². The molecule has 11 nitrogen and oxygen atoms in total. The minimum atomic E-state index is 0. The summed E-state index contributed by atoms with van der Waals surface area (Å²) in [6.07, 6.45) is 10.9. The number of tetrazole rings is 1. The van der Waals surface area contributed by atoms with Gasteiger partial charge in [0, 0.05) is 29.4 Å². The van der Waals surface area contributed by atoms with Crippen LogP contribution in [0.1, 0.15) is 57.4 Å². The van der Waals surface area contributed by atoms with Crippen molar-refractivity contribution in [1.29, 1.82) is 0 Å². The Labute approximate surface area is 221 Å². The van der Waals surface area contributed by atoms with E-state index in [1.165, 1.54) is 25.7 Å². The predicted octanol–water partition coefficient (Wildman–Crippen LogP) is 4.39. The molecule has 1 aromatic carbocycles. The van der Waals surface area contributed by atoms with Gasteiger partial charge in [0.2, 0.25) is 11.8 Å². The number of nitrogens with one attached hydrogen (secondary N) is 3. The van der Waals surface area contributed by atoms with Gasteiger partial charge < -0.3 is 20.9 Å². The van der Waals surface area contributed by atoms with Gasteiger partial charge in [0.15, 0.2) is 17.0 Å². The molecule has 36 heavy (non-hydrogen) atoms. The Hall–Kier alpha value is -3.02. The summed E-state index contributed by atoms with van der Waals surface area (Å²) in [5, 5.41) is 21.2. The number of anilines is 3. The third-order valence-electron chi connectivity index (χ3n) is 7.00. The SMILES string of the molecule is Cl.Cl.NC1CCC(Nc2nc(Nc3ccc(-c4nn[nH]n4)cc3)c3ncn(C4CCCC4)c3n2)CC1. The molecule has 192 valence electrons. The smallest absolute Gasteiger partial charge is 0.227 e. The van der Waals surface area contributed by atoms with Crippen LogP contribution in [0.3, 0.4) is 0 Å². The maximum Gasteiger partial charge on any atom is 0.227 e. The van der Waals surface area contributed by atoms with E-state index in [1.54, 1.807) is 0 Å². The van der Waals surface area contributed by atoms with Gasteiger partial charge in [-0.05, 0) is 68.0 Å². The molecule has 0 aliphatic heterocycles. The molecule has 0 atom stereocenters. The van der Waals surface area contributed by atoms with Gasteiger partial charge in [-0.3, -0.25) is 0 Å². The van der Waals surface area contributed by atoms with Crippen molar-refractivity contribution in [3.8, 4) is 11.4 Å². The van der Waals surface area contributed by atoms with E-state index < -0.39 is 0 Å². The highest BCUT2D eigenvalue weighted by Gasteiger charge is 2.24. The predicted molar refractivity (Wildman–Crippen MR) is 144 cm³/mol. The van der Waals surface area contributed by atoms with Crippen molar-refractivity contribution in [2.45, 2.75) is 69.5 Å². The molecule has 2 aliphatic carbocycles. The Bertz CT molecular complexity index is 1250. The zero-order valence-electron chi connectivity index (χ0n) is 19.8. The number of rotatable bonds is 6. The van der Waals surface area contributed by atoms with Crippen LogP contribution in [0, 0.1) is 0 Å². The molecule has 0 spiro atoms. The Kier molecular flexibility index (Phi) is 8.22. The van der Waals surface area contributed by atoms with Crippen LogP contribution in [0.4, 0.5) is 17.5 Å². The second-order valence-electron chi connectivity index (χ2n) is 9.35. The fraction of sp³-hybridized carbons (Fsp3) is 0.478. The normalized spacial score (nSPS) is 20.0. The van der Waals surface area contributed by atoms with Gasteiger partial charge in [-0.1, -0.05) is 12.8 Å². The fourth-order valence-corrected chi connectivity index (χ4v) is 5.09. The summed E-state index contributed by atoms with van der Waals surface area (Å²) in [6, 6.07) is 8.94. The molecule has 6 rings (SSSR count). The Morgan fingerprint density at radius 1 is 0.944 bits per heavy atom. The number of nitrogens with zero attached hydrogens (tertiary/aromatic N) is 7. The maximum absolute atomic E-state index is 6.10. The van der Waals surface area contributed by atoms with E-state index in [4.69, 9.17) is 20.7 Å². The van der Waals surface area contributed by atoms with E-state index in [0.29, 0.717) is 35.7 Å². The van der Waals surface area contributed by atoms with E-state index in [1.807, 2.05) is 30.6 Å². The van der Waals surface area contributed by atoms with Crippen molar-refractivity contribution < 1.29 is 0 Å². The van der Waals surface area contributed by atoms with E-state index in [-0.39, 0.29) is 24.8 Å². The molecule has 0 radical (unpaired) electrons. The molecular formula is C23H31Cl2N11. The lowest BCUT2D eigenvalue weighted by molar-refractivity contribution is 0.410. The van der Waals surface area contributed by atoms with Crippen molar-refractivity contribution in [2.24, 2.45) is 5.73 Å². The van der Waals surface area contributed by atoms with Crippen LogP contribution in [0.25, 0.3) is 22.6 Å². The lowest BCUT2D eigenvalue weighted by atomic mass is 9.92. The van der Waals surface area contributed by atoms with E-state index in [0.717, 1.165) is 48.1 Å². The number of hydrogen-bond donors (Lipinski definition) is 4. The number of fused-ring (bicyclic) bond motifs is 1. The second-order valence-corrected chi connectivity index (χ2v) is 9.35. The number of aromatic nitrogens is 8. The number of halogens is 2. The van der Waals surface area contributed by atoms with E-state index >= 15 is 0 Å². The van der Waals surface area contributed by atoms with Gasteiger partial charge in [0.1, 0.15) is 0 Å². The molecule has 0 amide bonds. The van der Waals surface area contributed by atoms with Gasteiger partial charge in [-0.15, -0.1) is 35.0 Å². The quantitative estimate of drug-likeness (QED) is 0.284. The summed E-state index contributed by atoms with van der Waals surface area (Å²) >= 11 is 0. The first kappa shape index (κ1) is 26.1.